The van der Waals surface area contributed by atoms with E-state index in [4.69, 9.17) is 10.00 Å². The number of hydrogen-bond acceptors (Lipinski definition) is 3. The summed E-state index contributed by atoms with van der Waals surface area (Å²) in [6.07, 6.45) is 6.34. The Kier molecular flexibility index (Phi) is 3.33. The van der Waals surface area contributed by atoms with Crippen LogP contribution < -0.4 is 4.74 Å². The number of nitriles is 1. The van der Waals surface area contributed by atoms with Gasteiger partial charge in [-0.2, -0.15) is 5.26 Å². The van der Waals surface area contributed by atoms with Crippen LogP contribution in [0.1, 0.15) is 45.2 Å². The Morgan fingerprint density at radius 2 is 2.12 bits per heavy atom. The van der Waals surface area contributed by atoms with Crippen LogP contribution in [0.3, 0.4) is 0 Å². The van der Waals surface area contributed by atoms with Gasteiger partial charge < -0.3 is 4.74 Å². The van der Waals surface area contributed by atoms with Crippen LogP contribution in [-0.2, 0) is 0 Å². The highest BCUT2D eigenvalue weighted by molar-refractivity contribution is 5.36. The predicted octanol–water partition coefficient (Wildman–Crippen LogP) is 3.30. The van der Waals surface area contributed by atoms with Crippen LogP contribution in [-0.4, -0.2) is 11.1 Å². The van der Waals surface area contributed by atoms with Crippen LogP contribution in [0.15, 0.2) is 18.3 Å². The van der Waals surface area contributed by atoms with Gasteiger partial charge in [0.05, 0.1) is 6.10 Å². The molecule has 3 heteroatoms. The van der Waals surface area contributed by atoms with Crippen molar-refractivity contribution in [1.82, 2.24) is 4.98 Å². The van der Waals surface area contributed by atoms with Crippen LogP contribution >= 0.6 is 0 Å². The molecule has 17 heavy (non-hydrogen) atoms. The van der Waals surface area contributed by atoms with Crippen LogP contribution in [0, 0.1) is 16.7 Å². The van der Waals surface area contributed by atoms with Crippen LogP contribution in [0.4, 0.5) is 0 Å². The fraction of sp³-hybridized carbons (Fsp3) is 0.571. The quantitative estimate of drug-likeness (QED) is 0.783. The number of hydrogen-bond donors (Lipinski definition) is 0. The Labute approximate surface area is 102 Å². The monoisotopic (exact) mass is 230 g/mol. The molecule has 0 spiro atoms. The van der Waals surface area contributed by atoms with Gasteiger partial charge in [-0.25, -0.2) is 4.98 Å². The molecule has 0 radical (unpaired) electrons. The molecule has 1 aromatic heterocycles. The normalized spacial score (nSPS) is 19.6. The summed E-state index contributed by atoms with van der Waals surface area (Å²) >= 11 is 0. The molecular formula is C14H18N2O. The van der Waals surface area contributed by atoms with Gasteiger partial charge in [-0.1, -0.05) is 13.8 Å². The van der Waals surface area contributed by atoms with Gasteiger partial charge in [-0.15, -0.1) is 0 Å². The number of aromatic nitrogens is 1. The summed E-state index contributed by atoms with van der Waals surface area (Å²) < 4.78 is 5.89. The Bertz CT molecular complexity index is 424. The summed E-state index contributed by atoms with van der Waals surface area (Å²) in [5.41, 5.74) is 0.824. The van der Waals surface area contributed by atoms with Gasteiger partial charge in [0.2, 0.25) is 0 Å². The van der Waals surface area contributed by atoms with Gasteiger partial charge in [-0.3, -0.25) is 0 Å². The summed E-state index contributed by atoms with van der Waals surface area (Å²) in [5, 5.41) is 8.94. The van der Waals surface area contributed by atoms with E-state index in [1.165, 1.54) is 12.8 Å². The first-order chi connectivity index (χ1) is 8.11. The molecule has 0 aromatic carbocycles. The Morgan fingerprint density at radius 1 is 1.41 bits per heavy atom. The average molecular weight is 230 g/mol. The van der Waals surface area contributed by atoms with Crippen LogP contribution in [0.5, 0.6) is 5.75 Å². The Balaban J connectivity index is 2.01. The maximum Gasteiger partial charge on any atom is 0.182 e. The lowest BCUT2D eigenvalue weighted by atomic mass is 9.76. The van der Waals surface area contributed by atoms with Gasteiger partial charge >= 0.3 is 0 Å². The van der Waals surface area contributed by atoms with E-state index in [0.717, 1.165) is 12.8 Å². The molecule has 1 aromatic rings. The largest absolute Gasteiger partial charge is 0.487 e. The summed E-state index contributed by atoms with van der Waals surface area (Å²) in [4.78, 5) is 4.01. The molecule has 1 aliphatic carbocycles. The molecule has 0 unspecified atom stereocenters. The van der Waals surface area contributed by atoms with Crippen LogP contribution in [0.2, 0.25) is 0 Å². The Morgan fingerprint density at radius 3 is 2.76 bits per heavy atom. The van der Waals surface area contributed by atoms with Crippen molar-refractivity contribution in [3.8, 4) is 11.8 Å². The number of nitrogens with zero attached hydrogens (tertiary/aromatic N) is 2. The lowest BCUT2D eigenvalue weighted by molar-refractivity contribution is 0.0982. The zero-order valence-corrected chi connectivity index (χ0v) is 10.4. The van der Waals surface area contributed by atoms with Gasteiger partial charge in [-0.05, 0) is 43.2 Å². The molecule has 0 N–H and O–H groups in total. The molecule has 1 saturated carbocycles. The first-order valence-electron chi connectivity index (χ1n) is 6.12. The van der Waals surface area contributed by atoms with E-state index in [1.54, 1.807) is 6.20 Å². The fourth-order valence-corrected chi connectivity index (χ4v) is 2.24. The Hall–Kier alpha value is -1.56. The zero-order chi connectivity index (χ0) is 12.3. The lowest BCUT2D eigenvalue weighted by Gasteiger charge is -2.34. The minimum atomic E-state index is 0.235. The molecule has 0 atom stereocenters. The van der Waals surface area contributed by atoms with Crippen molar-refractivity contribution in [3.63, 3.8) is 0 Å². The topological polar surface area (TPSA) is 45.9 Å². The third-order valence-electron chi connectivity index (χ3n) is 3.46. The van der Waals surface area contributed by atoms with Crippen molar-refractivity contribution >= 4 is 0 Å². The summed E-state index contributed by atoms with van der Waals surface area (Å²) in [6, 6.07) is 5.70. The molecule has 0 amide bonds. The number of rotatable bonds is 2. The summed E-state index contributed by atoms with van der Waals surface area (Å²) in [7, 11) is 0. The SMILES string of the molecule is CC1(C)CCC(Oc2cccnc2C#N)CC1. The van der Waals surface area contributed by atoms with E-state index >= 15 is 0 Å². The molecule has 90 valence electrons. The second kappa shape index (κ2) is 4.75. The molecule has 0 bridgehead atoms. The highest BCUT2D eigenvalue weighted by atomic mass is 16.5. The maximum atomic E-state index is 8.94. The number of ether oxygens (including phenoxy) is 1. The lowest BCUT2D eigenvalue weighted by Crippen LogP contribution is -2.28. The van der Waals surface area contributed by atoms with Gasteiger partial charge in [0.1, 0.15) is 6.07 Å². The maximum absolute atomic E-state index is 8.94. The number of pyridine rings is 1. The van der Waals surface area contributed by atoms with Crippen LogP contribution in [0.25, 0.3) is 0 Å². The predicted molar refractivity (Wildman–Crippen MR) is 65.6 cm³/mol. The molecule has 0 saturated heterocycles. The van der Waals surface area contributed by atoms with Crippen molar-refractivity contribution in [1.29, 1.82) is 5.26 Å². The second-order valence-electron chi connectivity index (χ2n) is 5.44. The van der Waals surface area contributed by atoms with Gasteiger partial charge in [0, 0.05) is 6.20 Å². The van der Waals surface area contributed by atoms with Gasteiger partial charge in [0.15, 0.2) is 11.4 Å². The summed E-state index contributed by atoms with van der Waals surface area (Å²) in [6.45, 7) is 4.60. The second-order valence-corrected chi connectivity index (χ2v) is 5.44. The molecule has 1 aliphatic rings. The minimum absolute atomic E-state index is 0.235. The first kappa shape index (κ1) is 11.9. The third-order valence-corrected chi connectivity index (χ3v) is 3.46. The van der Waals surface area contributed by atoms with Crippen molar-refractivity contribution in [2.24, 2.45) is 5.41 Å². The molecule has 0 aliphatic heterocycles. The van der Waals surface area contributed by atoms with Crippen molar-refractivity contribution in [2.75, 3.05) is 0 Å². The molecule has 1 heterocycles. The molecule has 2 rings (SSSR count). The van der Waals surface area contributed by atoms with E-state index in [1.807, 2.05) is 12.1 Å². The van der Waals surface area contributed by atoms with E-state index in [2.05, 4.69) is 24.9 Å². The standard InChI is InChI=1S/C14H18N2O/c1-14(2)7-5-11(6-8-14)17-13-4-3-9-16-12(13)10-15/h3-4,9,11H,5-8H2,1-2H3. The van der Waals surface area contributed by atoms with Crippen molar-refractivity contribution in [3.05, 3.63) is 24.0 Å². The summed E-state index contributed by atoms with van der Waals surface area (Å²) in [5.74, 6) is 0.625. The van der Waals surface area contributed by atoms with E-state index < -0.39 is 0 Å². The molecule has 3 nitrogen and oxygen atoms in total. The first-order valence-corrected chi connectivity index (χ1v) is 6.12. The molecule has 1 fully saturated rings. The fourth-order valence-electron chi connectivity index (χ4n) is 2.24. The van der Waals surface area contributed by atoms with Crippen molar-refractivity contribution in [2.45, 2.75) is 45.6 Å². The highest BCUT2D eigenvalue weighted by Gasteiger charge is 2.28. The molecular weight excluding hydrogens is 212 g/mol. The highest BCUT2D eigenvalue weighted by Crippen LogP contribution is 2.36. The van der Waals surface area contributed by atoms with Gasteiger partial charge in [0.25, 0.3) is 0 Å². The van der Waals surface area contributed by atoms with E-state index in [-0.39, 0.29) is 6.10 Å². The minimum Gasteiger partial charge on any atom is -0.487 e. The van der Waals surface area contributed by atoms with Crippen molar-refractivity contribution < 1.29 is 4.74 Å². The van der Waals surface area contributed by atoms with E-state index in [0.29, 0.717) is 16.9 Å². The third kappa shape index (κ3) is 2.97. The smallest absolute Gasteiger partial charge is 0.182 e. The average Bonchev–Trinajstić information content (AvgIpc) is 2.32. The van der Waals surface area contributed by atoms with E-state index in [9.17, 15) is 0 Å². The zero-order valence-electron chi connectivity index (χ0n) is 10.4.